The van der Waals surface area contributed by atoms with Gasteiger partial charge >= 0.3 is 5.97 Å². The third kappa shape index (κ3) is 4.03. The van der Waals surface area contributed by atoms with Crippen molar-refractivity contribution in [1.29, 1.82) is 0 Å². The Bertz CT molecular complexity index is 892. The first-order valence-corrected chi connectivity index (χ1v) is 8.97. The van der Waals surface area contributed by atoms with Crippen molar-refractivity contribution < 1.29 is 23.5 Å². The molecule has 2 amide bonds. The minimum atomic E-state index is -0.724. The molecule has 146 valence electrons. The van der Waals surface area contributed by atoms with Crippen molar-refractivity contribution in [2.45, 2.75) is 24.7 Å². The maximum absolute atomic E-state index is 13.6. The Hall–Kier alpha value is -3.22. The number of anilines is 1. The lowest BCUT2D eigenvalue weighted by atomic mass is 9.63. The van der Waals surface area contributed by atoms with Gasteiger partial charge in [-0.15, -0.1) is 0 Å². The molecule has 2 aromatic rings. The zero-order chi connectivity index (χ0) is 20.1. The van der Waals surface area contributed by atoms with Gasteiger partial charge in [-0.25, -0.2) is 4.39 Å². The van der Waals surface area contributed by atoms with Crippen LogP contribution in [-0.2, 0) is 19.7 Å². The second-order valence-electron chi connectivity index (χ2n) is 6.74. The van der Waals surface area contributed by atoms with Crippen LogP contribution in [0.4, 0.5) is 10.1 Å². The molecule has 28 heavy (non-hydrogen) atoms. The largest absolute Gasteiger partial charge is 0.468 e. The first-order chi connectivity index (χ1) is 13.4. The predicted molar refractivity (Wildman–Crippen MR) is 101 cm³/mol. The maximum Gasteiger partial charge on any atom is 0.325 e. The minimum absolute atomic E-state index is 0.188. The van der Waals surface area contributed by atoms with Gasteiger partial charge in [-0.05, 0) is 54.8 Å². The fourth-order valence-electron chi connectivity index (χ4n) is 3.25. The minimum Gasteiger partial charge on any atom is -0.468 e. The number of nitrogens with one attached hydrogen (secondary N) is 2. The van der Waals surface area contributed by atoms with Gasteiger partial charge < -0.3 is 15.4 Å². The lowest BCUT2D eigenvalue weighted by Crippen LogP contribution is -2.46. The van der Waals surface area contributed by atoms with E-state index in [1.807, 2.05) is 0 Å². The van der Waals surface area contributed by atoms with Crippen molar-refractivity contribution in [2.75, 3.05) is 19.0 Å². The number of hydrogen-bond acceptors (Lipinski definition) is 4. The topological polar surface area (TPSA) is 84.5 Å². The molecule has 1 aliphatic carbocycles. The van der Waals surface area contributed by atoms with Crippen molar-refractivity contribution >= 4 is 23.5 Å². The number of methoxy groups -OCH3 is 1. The van der Waals surface area contributed by atoms with Gasteiger partial charge in [-0.2, -0.15) is 0 Å². The van der Waals surface area contributed by atoms with Crippen LogP contribution in [0.5, 0.6) is 0 Å². The summed E-state index contributed by atoms with van der Waals surface area (Å²) in [7, 11) is 1.24. The monoisotopic (exact) mass is 384 g/mol. The number of hydrogen-bond donors (Lipinski definition) is 2. The van der Waals surface area contributed by atoms with Crippen LogP contribution in [0.2, 0.25) is 0 Å². The van der Waals surface area contributed by atoms with E-state index in [2.05, 4.69) is 15.4 Å². The fourth-order valence-corrected chi connectivity index (χ4v) is 3.25. The number of amides is 2. The zero-order valence-corrected chi connectivity index (χ0v) is 15.5. The van der Waals surface area contributed by atoms with E-state index < -0.39 is 17.3 Å². The lowest BCUT2D eigenvalue weighted by Gasteiger charge is -2.40. The first kappa shape index (κ1) is 19.5. The SMILES string of the molecule is COC(=O)CNC(=O)c1ccc(NC(=O)C2(c3cccc(F)c3)CCC2)cc1. The number of esters is 1. The Labute approximate surface area is 162 Å². The third-order valence-corrected chi connectivity index (χ3v) is 5.04. The summed E-state index contributed by atoms with van der Waals surface area (Å²) in [6.45, 7) is -0.218. The third-order valence-electron chi connectivity index (χ3n) is 5.04. The molecule has 0 saturated heterocycles. The Morgan fingerprint density at radius 3 is 2.39 bits per heavy atom. The average Bonchev–Trinajstić information content (AvgIpc) is 2.65. The average molecular weight is 384 g/mol. The highest BCUT2D eigenvalue weighted by Gasteiger charge is 2.45. The summed E-state index contributed by atoms with van der Waals surface area (Å²) in [6.07, 6.45) is 2.23. The molecule has 0 radical (unpaired) electrons. The number of ether oxygens (including phenoxy) is 1. The van der Waals surface area contributed by atoms with Gasteiger partial charge in [0, 0.05) is 11.3 Å². The Morgan fingerprint density at radius 1 is 1.11 bits per heavy atom. The molecule has 1 aliphatic rings. The number of rotatable bonds is 6. The fraction of sp³-hybridized carbons (Fsp3) is 0.286. The molecule has 0 bridgehead atoms. The molecule has 0 spiro atoms. The summed E-state index contributed by atoms with van der Waals surface area (Å²) in [5.41, 5.74) is 0.844. The van der Waals surface area contributed by atoms with Crippen molar-refractivity contribution in [3.8, 4) is 0 Å². The molecule has 1 saturated carbocycles. The van der Waals surface area contributed by atoms with Gasteiger partial charge in [0.2, 0.25) is 5.91 Å². The van der Waals surface area contributed by atoms with Crippen LogP contribution in [0.1, 0.15) is 35.2 Å². The van der Waals surface area contributed by atoms with E-state index in [9.17, 15) is 18.8 Å². The molecule has 0 unspecified atom stereocenters. The zero-order valence-electron chi connectivity index (χ0n) is 15.5. The summed E-state index contributed by atoms with van der Waals surface area (Å²) >= 11 is 0. The molecule has 6 nitrogen and oxygen atoms in total. The van der Waals surface area contributed by atoms with Crippen LogP contribution in [0.25, 0.3) is 0 Å². The van der Waals surface area contributed by atoms with E-state index in [0.29, 0.717) is 29.7 Å². The van der Waals surface area contributed by atoms with E-state index in [1.54, 1.807) is 36.4 Å². The van der Waals surface area contributed by atoms with Crippen molar-refractivity contribution in [2.24, 2.45) is 0 Å². The molecular formula is C21H21FN2O4. The highest BCUT2D eigenvalue weighted by Crippen LogP contribution is 2.44. The van der Waals surface area contributed by atoms with Crippen molar-refractivity contribution in [3.05, 3.63) is 65.5 Å². The van der Waals surface area contributed by atoms with Crippen LogP contribution in [0.3, 0.4) is 0 Å². The second-order valence-corrected chi connectivity index (χ2v) is 6.74. The van der Waals surface area contributed by atoms with Gasteiger partial charge in [0.25, 0.3) is 5.91 Å². The molecular weight excluding hydrogens is 363 g/mol. The first-order valence-electron chi connectivity index (χ1n) is 8.97. The quantitative estimate of drug-likeness (QED) is 0.750. The van der Waals surface area contributed by atoms with Crippen molar-refractivity contribution in [3.63, 3.8) is 0 Å². The summed E-state index contributed by atoms with van der Waals surface area (Å²) in [5, 5.41) is 5.30. The van der Waals surface area contributed by atoms with Gasteiger partial charge in [-0.1, -0.05) is 18.6 Å². The smallest absolute Gasteiger partial charge is 0.325 e. The van der Waals surface area contributed by atoms with Crippen molar-refractivity contribution in [1.82, 2.24) is 5.32 Å². The van der Waals surface area contributed by atoms with Crippen LogP contribution < -0.4 is 10.6 Å². The molecule has 2 aromatic carbocycles. The number of carbonyl (C=O) groups is 3. The molecule has 1 fully saturated rings. The van der Waals surface area contributed by atoms with E-state index in [4.69, 9.17) is 0 Å². The number of halogens is 1. The standard InChI is InChI=1S/C21H21FN2O4/c1-28-18(25)13-23-19(26)14-6-8-17(9-7-14)24-20(27)21(10-3-11-21)15-4-2-5-16(22)12-15/h2,4-9,12H,3,10-11,13H2,1H3,(H,23,26)(H,24,27). The number of benzene rings is 2. The number of carbonyl (C=O) groups excluding carboxylic acids is 3. The second kappa shape index (κ2) is 8.21. The molecule has 2 N–H and O–H groups in total. The van der Waals surface area contributed by atoms with E-state index >= 15 is 0 Å². The summed E-state index contributed by atoms with van der Waals surface area (Å²) in [4.78, 5) is 36.0. The van der Waals surface area contributed by atoms with Crippen LogP contribution in [0.15, 0.2) is 48.5 Å². The molecule has 0 aromatic heterocycles. The highest BCUT2D eigenvalue weighted by molar-refractivity contribution is 6.01. The Morgan fingerprint density at radius 2 is 1.82 bits per heavy atom. The van der Waals surface area contributed by atoms with E-state index in [1.165, 1.54) is 19.2 Å². The Balaban J connectivity index is 1.67. The van der Waals surface area contributed by atoms with E-state index in [-0.39, 0.29) is 18.3 Å². The van der Waals surface area contributed by atoms with E-state index in [0.717, 1.165) is 6.42 Å². The maximum atomic E-state index is 13.6. The lowest BCUT2D eigenvalue weighted by molar-refractivity contribution is -0.139. The molecule has 0 aliphatic heterocycles. The molecule has 7 heteroatoms. The highest BCUT2D eigenvalue weighted by atomic mass is 19.1. The molecule has 0 atom stereocenters. The summed E-state index contributed by atoms with van der Waals surface area (Å²) in [6, 6.07) is 12.5. The predicted octanol–water partition coefficient (Wildman–Crippen LogP) is 2.79. The normalized spacial score (nSPS) is 14.5. The molecule has 3 rings (SSSR count). The Kier molecular flexibility index (Phi) is 5.73. The van der Waals surface area contributed by atoms with Gasteiger partial charge in [0.1, 0.15) is 12.4 Å². The van der Waals surface area contributed by atoms with Gasteiger partial charge in [-0.3, -0.25) is 14.4 Å². The van der Waals surface area contributed by atoms with Gasteiger partial charge in [0.05, 0.1) is 12.5 Å². The van der Waals surface area contributed by atoms with Crippen LogP contribution in [0, 0.1) is 5.82 Å². The summed E-state index contributed by atoms with van der Waals surface area (Å²) in [5.74, 6) is -1.51. The van der Waals surface area contributed by atoms with Gasteiger partial charge in [0.15, 0.2) is 0 Å². The summed E-state index contributed by atoms with van der Waals surface area (Å²) < 4.78 is 18.1. The van der Waals surface area contributed by atoms with Crippen LogP contribution >= 0.6 is 0 Å². The van der Waals surface area contributed by atoms with Crippen LogP contribution in [-0.4, -0.2) is 31.4 Å². The molecule has 0 heterocycles.